The molecular weight excluding hydrogens is 511 g/mol. The monoisotopic (exact) mass is 533 g/mol. The van der Waals surface area contributed by atoms with Gasteiger partial charge in [-0.15, -0.1) is 0 Å². The molecule has 4 rings (SSSR count). The van der Waals surface area contributed by atoms with Crippen LogP contribution in [0, 0.1) is 0 Å². The summed E-state index contributed by atoms with van der Waals surface area (Å²) in [4.78, 5) is 29.3. The van der Waals surface area contributed by atoms with Gasteiger partial charge in [-0.3, -0.25) is 18.4 Å². The van der Waals surface area contributed by atoms with E-state index in [1.807, 2.05) is 6.92 Å². The van der Waals surface area contributed by atoms with Gasteiger partial charge in [-0.05, 0) is 55.0 Å². The molecule has 0 spiro atoms. The van der Waals surface area contributed by atoms with Crippen LogP contribution in [0.1, 0.15) is 36.8 Å². The van der Waals surface area contributed by atoms with E-state index in [0.717, 1.165) is 23.0 Å². The van der Waals surface area contributed by atoms with E-state index in [1.165, 1.54) is 16.7 Å². The van der Waals surface area contributed by atoms with Gasteiger partial charge in [-0.2, -0.15) is 13.2 Å². The van der Waals surface area contributed by atoms with Crippen molar-refractivity contribution in [2.24, 2.45) is 0 Å². The number of carbonyl (C=O) groups excluding carboxylic acids is 1. The first-order valence-electron chi connectivity index (χ1n) is 11.0. The average molecular weight is 534 g/mol. The highest BCUT2D eigenvalue weighted by Gasteiger charge is 2.33. The van der Waals surface area contributed by atoms with Gasteiger partial charge in [0.25, 0.3) is 0 Å². The number of hydrogen-bond acceptors (Lipinski definition) is 5. The van der Waals surface area contributed by atoms with Crippen LogP contribution in [0.4, 0.5) is 18.9 Å². The summed E-state index contributed by atoms with van der Waals surface area (Å²) >= 11 is 0.940. The molecule has 0 bridgehead atoms. The minimum atomic E-state index is -4.58. The number of carbonyl (C=O) groups is 1. The maximum absolute atomic E-state index is 13.1. The van der Waals surface area contributed by atoms with E-state index < -0.39 is 28.7 Å². The highest BCUT2D eigenvalue weighted by molar-refractivity contribution is 7.85. The summed E-state index contributed by atoms with van der Waals surface area (Å²) in [5, 5.41) is 2.80. The van der Waals surface area contributed by atoms with Crippen LogP contribution in [0.2, 0.25) is 0 Å². The predicted octanol–water partition coefficient (Wildman–Crippen LogP) is 5.39. The number of benzene rings is 2. The Labute approximate surface area is 211 Å². The molecule has 0 radical (unpaired) electrons. The zero-order valence-electron chi connectivity index (χ0n) is 19.3. The molecule has 36 heavy (non-hydrogen) atoms. The second-order valence-corrected chi connectivity index (χ2v) is 10.8. The van der Waals surface area contributed by atoms with E-state index in [-0.39, 0.29) is 22.9 Å². The second kappa shape index (κ2) is 10.4. The first kappa shape index (κ1) is 25.8. The molecule has 0 saturated heterocycles. The number of aromatic nitrogens is 2. The van der Waals surface area contributed by atoms with E-state index in [4.69, 9.17) is 0 Å². The molecule has 0 aliphatic rings. The van der Waals surface area contributed by atoms with Gasteiger partial charge in [-0.1, -0.05) is 36.5 Å². The molecule has 1 amide bonds. The standard InChI is InChI=1S/C25H22F3N3O3S2/c1-3-36(34)18-10-7-16(8-11-18)13-23(32)29-17-9-12-20-21(14-17)35-24(33)31(20)15(2)19-5-4-6-22(30-19)25(26,27)28/h4-12,14-15H,3,13H2,1-2H3,(H,29,32). The minimum absolute atomic E-state index is 0.118. The van der Waals surface area contributed by atoms with Crippen LogP contribution in [-0.2, 0) is 28.2 Å². The summed E-state index contributed by atoms with van der Waals surface area (Å²) in [6, 6.07) is 14.9. The normalized spacial score (nSPS) is 13.5. The molecule has 2 atom stereocenters. The third kappa shape index (κ3) is 5.57. The predicted molar refractivity (Wildman–Crippen MR) is 135 cm³/mol. The van der Waals surface area contributed by atoms with E-state index in [9.17, 15) is 27.0 Å². The minimum Gasteiger partial charge on any atom is -0.326 e. The molecule has 2 aromatic carbocycles. The zero-order valence-corrected chi connectivity index (χ0v) is 21.0. The van der Waals surface area contributed by atoms with Gasteiger partial charge in [-0.25, -0.2) is 4.98 Å². The average Bonchev–Trinajstić information content (AvgIpc) is 3.17. The maximum atomic E-state index is 13.1. The van der Waals surface area contributed by atoms with Gasteiger partial charge in [0.2, 0.25) is 5.91 Å². The Kier molecular flexibility index (Phi) is 7.41. The Balaban J connectivity index is 1.53. The Morgan fingerprint density at radius 3 is 2.53 bits per heavy atom. The Morgan fingerprint density at radius 2 is 1.86 bits per heavy atom. The largest absolute Gasteiger partial charge is 0.433 e. The van der Waals surface area contributed by atoms with Crippen LogP contribution >= 0.6 is 11.3 Å². The molecule has 0 fully saturated rings. The number of pyridine rings is 1. The van der Waals surface area contributed by atoms with Crippen molar-refractivity contribution in [1.29, 1.82) is 0 Å². The molecule has 2 unspecified atom stereocenters. The first-order valence-corrected chi connectivity index (χ1v) is 13.2. The van der Waals surface area contributed by atoms with Crippen molar-refractivity contribution in [3.8, 4) is 0 Å². The topological polar surface area (TPSA) is 81.1 Å². The van der Waals surface area contributed by atoms with Gasteiger partial charge in [0.1, 0.15) is 5.69 Å². The lowest BCUT2D eigenvalue weighted by atomic mass is 10.1. The molecule has 0 saturated carbocycles. The number of anilines is 1. The maximum Gasteiger partial charge on any atom is 0.433 e. The van der Waals surface area contributed by atoms with Crippen molar-refractivity contribution in [2.75, 3.05) is 11.1 Å². The van der Waals surface area contributed by atoms with E-state index >= 15 is 0 Å². The fourth-order valence-corrected chi connectivity index (χ4v) is 5.54. The fraction of sp³-hybridized carbons (Fsp3) is 0.240. The molecule has 0 aliphatic carbocycles. The van der Waals surface area contributed by atoms with Gasteiger partial charge in [0.05, 0.1) is 39.2 Å². The van der Waals surface area contributed by atoms with Gasteiger partial charge >= 0.3 is 11.0 Å². The molecule has 2 aromatic heterocycles. The van der Waals surface area contributed by atoms with Crippen molar-refractivity contribution >= 4 is 43.9 Å². The number of nitrogens with zero attached hydrogens (tertiary/aromatic N) is 2. The smallest absolute Gasteiger partial charge is 0.326 e. The number of rotatable bonds is 7. The van der Waals surface area contributed by atoms with Crippen molar-refractivity contribution in [3.05, 3.63) is 87.3 Å². The van der Waals surface area contributed by atoms with Crippen molar-refractivity contribution in [3.63, 3.8) is 0 Å². The summed E-state index contributed by atoms with van der Waals surface area (Å²) < 4.78 is 53.1. The number of nitrogens with one attached hydrogen (secondary N) is 1. The van der Waals surface area contributed by atoms with Crippen LogP contribution in [0.5, 0.6) is 0 Å². The number of thiazole rings is 1. The summed E-state index contributed by atoms with van der Waals surface area (Å²) in [6.07, 6.45) is -4.46. The number of amides is 1. The molecule has 1 N–H and O–H groups in total. The van der Waals surface area contributed by atoms with Crippen molar-refractivity contribution < 1.29 is 22.2 Å². The molecule has 11 heteroatoms. The fourth-order valence-electron chi connectivity index (χ4n) is 3.77. The molecule has 4 aromatic rings. The number of halogens is 3. The van der Waals surface area contributed by atoms with Crippen LogP contribution in [-0.4, -0.2) is 25.4 Å². The Hall–Kier alpha value is -3.31. The lowest BCUT2D eigenvalue weighted by molar-refractivity contribution is -0.141. The Bertz CT molecular complexity index is 1490. The van der Waals surface area contributed by atoms with E-state index in [1.54, 1.807) is 49.4 Å². The number of alkyl halides is 3. The quantitative estimate of drug-likeness (QED) is 0.345. The first-order chi connectivity index (χ1) is 17.1. The Morgan fingerprint density at radius 1 is 1.14 bits per heavy atom. The highest BCUT2D eigenvalue weighted by Crippen LogP contribution is 2.30. The number of fused-ring (bicyclic) bond motifs is 1. The van der Waals surface area contributed by atoms with Crippen LogP contribution in [0.25, 0.3) is 10.2 Å². The summed E-state index contributed by atoms with van der Waals surface area (Å²) in [6.45, 7) is 3.45. The van der Waals surface area contributed by atoms with Crippen LogP contribution in [0.3, 0.4) is 0 Å². The van der Waals surface area contributed by atoms with Crippen LogP contribution < -0.4 is 10.2 Å². The summed E-state index contributed by atoms with van der Waals surface area (Å²) in [7, 11) is -1.06. The molecule has 6 nitrogen and oxygen atoms in total. The molecule has 188 valence electrons. The zero-order chi connectivity index (χ0) is 26.0. The highest BCUT2D eigenvalue weighted by atomic mass is 32.2. The third-order valence-corrected chi connectivity index (χ3v) is 7.83. The second-order valence-electron chi connectivity index (χ2n) is 8.05. The van der Waals surface area contributed by atoms with Gasteiger partial charge in [0, 0.05) is 16.3 Å². The molecule has 2 heterocycles. The van der Waals surface area contributed by atoms with Gasteiger partial charge < -0.3 is 5.32 Å². The summed E-state index contributed by atoms with van der Waals surface area (Å²) in [5.74, 6) is 0.262. The lowest BCUT2D eigenvalue weighted by Gasteiger charge is -2.15. The van der Waals surface area contributed by atoms with Gasteiger partial charge in [0.15, 0.2) is 0 Å². The molecular formula is C25H22F3N3O3S2. The third-order valence-electron chi connectivity index (χ3n) is 5.59. The van der Waals surface area contributed by atoms with Crippen molar-refractivity contribution in [1.82, 2.24) is 9.55 Å². The van der Waals surface area contributed by atoms with E-state index in [2.05, 4.69) is 10.3 Å². The summed E-state index contributed by atoms with van der Waals surface area (Å²) in [5.41, 5.74) is 0.905. The SMILES string of the molecule is CCS(=O)c1ccc(CC(=O)Nc2ccc3c(c2)sc(=O)n3C(C)c2cccc(C(F)(F)F)n2)cc1. The van der Waals surface area contributed by atoms with Crippen LogP contribution in [0.15, 0.2) is 70.4 Å². The van der Waals surface area contributed by atoms with Crippen molar-refractivity contribution in [2.45, 2.75) is 37.4 Å². The number of hydrogen-bond donors (Lipinski definition) is 1. The lowest BCUT2D eigenvalue weighted by Crippen LogP contribution is -2.20. The molecule has 0 aliphatic heterocycles. The van der Waals surface area contributed by atoms with E-state index in [0.29, 0.717) is 26.6 Å².